The van der Waals surface area contributed by atoms with Crippen LogP contribution in [-0.2, 0) is 24.5 Å². The molecule has 0 heterocycles. The highest BCUT2D eigenvalue weighted by Gasteiger charge is 2.46. The number of rotatable bonds is 12. The average molecular weight is 619 g/mol. The zero-order valence-electron chi connectivity index (χ0n) is 29.4. The molecule has 1 aliphatic rings. The smallest absolute Gasteiger partial charge is 0.333 e. The lowest BCUT2D eigenvalue weighted by atomic mass is 9.55. The normalized spacial score (nSPS) is 20.5. The van der Waals surface area contributed by atoms with E-state index in [1.165, 1.54) is 17.5 Å². The molecule has 2 aromatic carbocycles. The van der Waals surface area contributed by atoms with Crippen LogP contribution in [0.15, 0.2) is 48.6 Å². The van der Waals surface area contributed by atoms with Crippen LogP contribution in [0.25, 0.3) is 0 Å². The summed E-state index contributed by atoms with van der Waals surface area (Å²) in [6, 6.07) is 9.14. The van der Waals surface area contributed by atoms with Gasteiger partial charge in [0.1, 0.15) is 36.9 Å². The number of carbonyl (C=O) groups is 2. The highest BCUT2D eigenvalue weighted by Crippen LogP contribution is 2.54. The van der Waals surface area contributed by atoms with Gasteiger partial charge in [-0.25, -0.2) is 9.59 Å². The van der Waals surface area contributed by atoms with Crippen molar-refractivity contribution >= 4 is 11.9 Å². The van der Waals surface area contributed by atoms with Gasteiger partial charge in [-0.3, -0.25) is 0 Å². The summed E-state index contributed by atoms with van der Waals surface area (Å²) in [5.74, 6) is 1.37. The predicted octanol–water partition coefficient (Wildman–Crippen LogP) is 8.83. The Hall–Kier alpha value is -3.54. The average Bonchev–Trinajstić information content (AvgIpc) is 2.90. The highest BCUT2D eigenvalue weighted by molar-refractivity contribution is 5.87. The molecule has 0 saturated heterocycles. The minimum absolute atomic E-state index is 0.150. The van der Waals surface area contributed by atoms with Gasteiger partial charge in [0.15, 0.2) is 0 Å². The molecular weight excluding hydrogens is 564 g/mol. The van der Waals surface area contributed by atoms with Crippen LogP contribution >= 0.6 is 0 Å². The number of hydrogen-bond donors (Lipinski definition) is 0. The third kappa shape index (κ3) is 8.80. The maximum Gasteiger partial charge on any atom is 0.333 e. The van der Waals surface area contributed by atoms with Crippen LogP contribution in [0.4, 0.5) is 0 Å². The van der Waals surface area contributed by atoms with Gasteiger partial charge in [-0.1, -0.05) is 58.2 Å². The van der Waals surface area contributed by atoms with E-state index < -0.39 is 24.1 Å². The Morgan fingerprint density at radius 1 is 0.756 bits per heavy atom. The Bertz CT molecular complexity index is 1310. The third-order valence-corrected chi connectivity index (χ3v) is 8.64. The number of carbonyl (C=O) groups excluding carboxylic acids is 2. The first-order valence-corrected chi connectivity index (χ1v) is 16.1. The van der Waals surface area contributed by atoms with E-state index in [-0.39, 0.29) is 24.0 Å². The molecule has 45 heavy (non-hydrogen) atoms. The SMILES string of the molecule is C=C(C)C(=O)OC(C)COc1c(C)cc(C2(c3cc(C)c(OCC(C)OC(=O)C(=C)C)c(C)c3)CC(C)CC(C)(C)C2)cc1C. The van der Waals surface area contributed by atoms with E-state index in [1.807, 2.05) is 13.8 Å². The van der Waals surface area contributed by atoms with Crippen LogP contribution in [0.5, 0.6) is 11.5 Å². The van der Waals surface area contributed by atoms with Crippen molar-refractivity contribution < 1.29 is 28.5 Å². The Morgan fingerprint density at radius 2 is 1.11 bits per heavy atom. The summed E-state index contributed by atoms with van der Waals surface area (Å²) in [5.41, 5.74) is 7.52. The largest absolute Gasteiger partial charge is 0.489 e. The van der Waals surface area contributed by atoms with Crippen molar-refractivity contribution in [1.82, 2.24) is 0 Å². The summed E-state index contributed by atoms with van der Waals surface area (Å²) < 4.78 is 23.3. The van der Waals surface area contributed by atoms with Crippen LogP contribution in [0.2, 0.25) is 0 Å². The number of esters is 2. The van der Waals surface area contributed by atoms with E-state index in [1.54, 1.807) is 13.8 Å². The minimum atomic E-state index is -0.409. The lowest BCUT2D eigenvalue weighted by Crippen LogP contribution is -2.41. The molecule has 6 heteroatoms. The molecule has 1 aliphatic carbocycles. The molecule has 0 N–H and O–H groups in total. The topological polar surface area (TPSA) is 71.1 Å². The Labute approximate surface area is 271 Å². The predicted molar refractivity (Wildman–Crippen MR) is 181 cm³/mol. The lowest BCUT2D eigenvalue weighted by Gasteiger charge is -2.49. The summed E-state index contributed by atoms with van der Waals surface area (Å²) in [5, 5.41) is 0. The summed E-state index contributed by atoms with van der Waals surface area (Å²) in [7, 11) is 0. The van der Waals surface area contributed by atoms with Crippen molar-refractivity contribution in [2.45, 2.75) is 113 Å². The zero-order chi connectivity index (χ0) is 33.9. The maximum atomic E-state index is 12.0. The molecule has 0 radical (unpaired) electrons. The molecule has 0 aliphatic heterocycles. The summed E-state index contributed by atoms with van der Waals surface area (Å²) in [6.07, 6.45) is 2.44. The Balaban J connectivity index is 1.98. The highest BCUT2D eigenvalue weighted by atomic mass is 16.6. The van der Waals surface area contributed by atoms with Gasteiger partial charge in [-0.15, -0.1) is 0 Å². The van der Waals surface area contributed by atoms with Crippen LogP contribution in [0, 0.1) is 39.0 Å². The van der Waals surface area contributed by atoms with Gasteiger partial charge in [0.2, 0.25) is 0 Å². The fourth-order valence-electron chi connectivity index (χ4n) is 7.12. The van der Waals surface area contributed by atoms with E-state index in [4.69, 9.17) is 18.9 Å². The van der Waals surface area contributed by atoms with Gasteiger partial charge in [0.05, 0.1) is 0 Å². The van der Waals surface area contributed by atoms with E-state index in [0.717, 1.165) is 46.6 Å². The monoisotopic (exact) mass is 618 g/mol. The number of hydrogen-bond acceptors (Lipinski definition) is 6. The molecule has 0 spiro atoms. The first-order chi connectivity index (χ1) is 20.8. The molecular formula is C39H54O6. The Morgan fingerprint density at radius 3 is 1.42 bits per heavy atom. The third-order valence-electron chi connectivity index (χ3n) is 8.64. The molecule has 3 unspecified atom stereocenters. The van der Waals surface area contributed by atoms with Gasteiger partial charge < -0.3 is 18.9 Å². The summed E-state index contributed by atoms with van der Waals surface area (Å²) in [4.78, 5) is 23.9. The van der Waals surface area contributed by atoms with E-state index in [0.29, 0.717) is 17.1 Å². The van der Waals surface area contributed by atoms with Gasteiger partial charge in [0.25, 0.3) is 0 Å². The molecule has 0 amide bonds. The molecule has 0 bridgehead atoms. The lowest BCUT2D eigenvalue weighted by molar-refractivity contribution is -0.145. The van der Waals surface area contributed by atoms with Crippen molar-refractivity contribution in [3.63, 3.8) is 0 Å². The van der Waals surface area contributed by atoms with E-state index >= 15 is 0 Å². The van der Waals surface area contributed by atoms with Crippen LogP contribution < -0.4 is 9.47 Å². The van der Waals surface area contributed by atoms with E-state index in [9.17, 15) is 9.59 Å². The first kappa shape index (κ1) is 35.9. The molecule has 1 fully saturated rings. The molecule has 6 nitrogen and oxygen atoms in total. The van der Waals surface area contributed by atoms with Crippen molar-refractivity contribution in [1.29, 1.82) is 0 Å². The van der Waals surface area contributed by atoms with Gasteiger partial charge in [0, 0.05) is 16.6 Å². The fraction of sp³-hybridized carbons (Fsp3) is 0.538. The quantitative estimate of drug-likeness (QED) is 0.175. The molecule has 2 aromatic rings. The maximum absolute atomic E-state index is 12.0. The summed E-state index contributed by atoms with van der Waals surface area (Å²) in [6.45, 7) is 30.3. The second kappa shape index (κ2) is 14.3. The Kier molecular flexibility index (Phi) is 11.4. The fourth-order valence-corrected chi connectivity index (χ4v) is 7.12. The molecule has 3 rings (SSSR count). The van der Waals surface area contributed by atoms with Crippen LogP contribution in [0.3, 0.4) is 0 Å². The van der Waals surface area contributed by atoms with Crippen molar-refractivity contribution in [2.75, 3.05) is 13.2 Å². The zero-order valence-corrected chi connectivity index (χ0v) is 29.4. The molecule has 3 atom stereocenters. The van der Waals surface area contributed by atoms with E-state index in [2.05, 4.69) is 85.9 Å². The molecule has 1 saturated carbocycles. The van der Waals surface area contributed by atoms with Gasteiger partial charge >= 0.3 is 11.9 Å². The summed E-state index contributed by atoms with van der Waals surface area (Å²) >= 11 is 0. The minimum Gasteiger partial charge on any atom is -0.489 e. The van der Waals surface area contributed by atoms with Gasteiger partial charge in [-0.05, 0) is 119 Å². The molecule has 246 valence electrons. The first-order valence-electron chi connectivity index (χ1n) is 16.1. The van der Waals surface area contributed by atoms with Crippen LogP contribution in [0.1, 0.15) is 101 Å². The second-order valence-electron chi connectivity index (χ2n) is 14.4. The number of aryl methyl sites for hydroxylation is 4. The molecule has 0 aromatic heterocycles. The van der Waals surface area contributed by atoms with Gasteiger partial charge in [-0.2, -0.15) is 0 Å². The van der Waals surface area contributed by atoms with Crippen molar-refractivity contribution in [3.8, 4) is 11.5 Å². The number of ether oxygens (including phenoxy) is 4. The number of benzene rings is 2. The van der Waals surface area contributed by atoms with Crippen molar-refractivity contribution in [3.05, 3.63) is 82.0 Å². The van der Waals surface area contributed by atoms with Crippen LogP contribution in [-0.4, -0.2) is 37.4 Å². The second-order valence-corrected chi connectivity index (χ2v) is 14.4. The standard InChI is InChI=1S/C39H54O6/c1-23(2)36(40)44-30(10)20-42-34-26(6)14-32(15-27(34)7)39(19-25(5)18-38(12,13)22-39)33-16-28(8)35(29(9)17-33)43-21-31(11)45-37(41)24(3)4/h14-17,25,30-31H,1,3,18-22H2,2,4-13H3. The van der Waals surface area contributed by atoms with Crippen molar-refractivity contribution in [2.24, 2.45) is 11.3 Å².